The zero-order valence-corrected chi connectivity index (χ0v) is 10.4. The molecule has 3 N–H and O–H groups in total. The molecule has 88 valence electrons. The van der Waals surface area contributed by atoms with Gasteiger partial charge < -0.3 is 10.8 Å². The van der Waals surface area contributed by atoms with E-state index in [2.05, 4.69) is 4.99 Å². The molecule has 0 spiro atoms. The molecule has 1 aromatic rings. The van der Waals surface area contributed by atoms with Gasteiger partial charge >= 0.3 is 0 Å². The lowest BCUT2D eigenvalue weighted by atomic mass is 10.1. The molecule has 3 nitrogen and oxygen atoms in total. The standard InChI is InChI=1S/C13H20N2O/c1-9-5-6-12(16)11(7-9)10(2)15-8-13(3,4)14/h5-7,16H,8,14H2,1-4H3. The summed E-state index contributed by atoms with van der Waals surface area (Å²) in [5.41, 5.74) is 8.25. The van der Waals surface area contributed by atoms with Crippen molar-refractivity contribution in [2.75, 3.05) is 6.54 Å². The molecule has 0 aliphatic heterocycles. The SMILES string of the molecule is CC(=NCC(C)(C)N)c1cc(C)ccc1O. The predicted octanol–water partition coefficient (Wildman–Crippen LogP) is 2.25. The molecule has 0 radical (unpaired) electrons. The van der Waals surface area contributed by atoms with Gasteiger partial charge in [-0.1, -0.05) is 11.6 Å². The topological polar surface area (TPSA) is 58.6 Å². The molecule has 0 bridgehead atoms. The molecule has 0 unspecified atom stereocenters. The number of nitrogens with zero attached hydrogens (tertiary/aromatic N) is 1. The van der Waals surface area contributed by atoms with Crippen LogP contribution in [-0.2, 0) is 0 Å². The number of aliphatic imine (C=N–C) groups is 1. The van der Waals surface area contributed by atoms with Crippen LogP contribution in [0.2, 0.25) is 0 Å². The molecule has 1 aromatic carbocycles. The molecule has 0 saturated heterocycles. The van der Waals surface area contributed by atoms with Gasteiger partial charge in [-0.2, -0.15) is 0 Å². The first-order chi connectivity index (χ1) is 7.29. The second kappa shape index (κ2) is 4.66. The minimum absolute atomic E-state index is 0.265. The highest BCUT2D eigenvalue weighted by Gasteiger charge is 2.10. The second-order valence-electron chi connectivity index (χ2n) is 4.91. The van der Waals surface area contributed by atoms with Gasteiger partial charge in [-0.3, -0.25) is 4.99 Å². The van der Waals surface area contributed by atoms with E-state index in [1.165, 1.54) is 0 Å². The van der Waals surface area contributed by atoms with Gasteiger partial charge in [0.1, 0.15) is 5.75 Å². The fraction of sp³-hybridized carbons (Fsp3) is 0.462. The highest BCUT2D eigenvalue weighted by atomic mass is 16.3. The summed E-state index contributed by atoms with van der Waals surface area (Å²) in [5.74, 6) is 0.265. The average molecular weight is 220 g/mol. The molecule has 0 fully saturated rings. The number of benzene rings is 1. The van der Waals surface area contributed by atoms with Gasteiger partial charge in [-0.15, -0.1) is 0 Å². The van der Waals surface area contributed by atoms with Crippen molar-refractivity contribution in [1.82, 2.24) is 0 Å². The van der Waals surface area contributed by atoms with Crippen LogP contribution < -0.4 is 5.73 Å². The molecular formula is C13H20N2O. The summed E-state index contributed by atoms with van der Waals surface area (Å²) < 4.78 is 0. The number of rotatable bonds is 3. The Morgan fingerprint density at radius 3 is 2.62 bits per heavy atom. The van der Waals surface area contributed by atoms with Crippen molar-refractivity contribution in [3.8, 4) is 5.75 Å². The molecule has 16 heavy (non-hydrogen) atoms. The number of nitrogens with two attached hydrogens (primary N) is 1. The molecule has 0 heterocycles. The van der Waals surface area contributed by atoms with E-state index in [-0.39, 0.29) is 11.3 Å². The quantitative estimate of drug-likeness (QED) is 0.767. The van der Waals surface area contributed by atoms with Gasteiger partial charge in [0.2, 0.25) is 0 Å². The van der Waals surface area contributed by atoms with Crippen molar-refractivity contribution >= 4 is 5.71 Å². The fourth-order valence-corrected chi connectivity index (χ4v) is 1.35. The summed E-state index contributed by atoms with van der Waals surface area (Å²) >= 11 is 0. The van der Waals surface area contributed by atoms with Crippen LogP contribution in [0.15, 0.2) is 23.2 Å². The molecular weight excluding hydrogens is 200 g/mol. The first-order valence-electron chi connectivity index (χ1n) is 5.39. The Labute approximate surface area is 97.0 Å². The van der Waals surface area contributed by atoms with E-state index >= 15 is 0 Å². The van der Waals surface area contributed by atoms with Crippen LogP contribution in [0.5, 0.6) is 5.75 Å². The third-order valence-corrected chi connectivity index (χ3v) is 2.27. The zero-order valence-electron chi connectivity index (χ0n) is 10.4. The van der Waals surface area contributed by atoms with Crippen molar-refractivity contribution in [1.29, 1.82) is 0 Å². The van der Waals surface area contributed by atoms with Crippen LogP contribution in [-0.4, -0.2) is 22.9 Å². The molecule has 0 saturated carbocycles. The largest absolute Gasteiger partial charge is 0.507 e. The Balaban J connectivity index is 2.96. The lowest BCUT2D eigenvalue weighted by Crippen LogP contribution is -2.35. The summed E-state index contributed by atoms with van der Waals surface area (Å²) in [5, 5.41) is 9.72. The van der Waals surface area contributed by atoms with Gasteiger partial charge in [-0.05, 0) is 39.8 Å². The average Bonchev–Trinajstić information content (AvgIpc) is 2.17. The maximum Gasteiger partial charge on any atom is 0.124 e. The summed E-state index contributed by atoms with van der Waals surface area (Å²) in [6.07, 6.45) is 0. The minimum atomic E-state index is -0.319. The van der Waals surface area contributed by atoms with Gasteiger partial charge in [0.25, 0.3) is 0 Å². The number of aromatic hydroxyl groups is 1. The number of phenolic OH excluding ortho intramolecular Hbond substituents is 1. The van der Waals surface area contributed by atoms with Crippen LogP contribution in [0.25, 0.3) is 0 Å². The second-order valence-corrected chi connectivity index (χ2v) is 4.91. The Bertz CT molecular complexity index is 403. The fourth-order valence-electron chi connectivity index (χ4n) is 1.35. The molecule has 1 rings (SSSR count). The lowest BCUT2D eigenvalue weighted by Gasteiger charge is -2.15. The van der Waals surface area contributed by atoms with Crippen LogP contribution in [0.4, 0.5) is 0 Å². The molecule has 0 amide bonds. The molecule has 0 aromatic heterocycles. The van der Waals surface area contributed by atoms with E-state index in [4.69, 9.17) is 5.73 Å². The summed E-state index contributed by atoms with van der Waals surface area (Å²) in [6.45, 7) is 8.29. The monoisotopic (exact) mass is 220 g/mol. The third-order valence-electron chi connectivity index (χ3n) is 2.27. The van der Waals surface area contributed by atoms with E-state index in [9.17, 15) is 5.11 Å². The van der Waals surface area contributed by atoms with Gasteiger partial charge in [0.15, 0.2) is 0 Å². The Hall–Kier alpha value is -1.35. The van der Waals surface area contributed by atoms with Crippen LogP contribution in [0.1, 0.15) is 31.9 Å². The molecule has 0 aliphatic carbocycles. The van der Waals surface area contributed by atoms with Gasteiger partial charge in [-0.25, -0.2) is 0 Å². The van der Waals surface area contributed by atoms with E-state index in [0.29, 0.717) is 6.54 Å². The highest BCUT2D eigenvalue weighted by molar-refractivity contribution is 6.01. The van der Waals surface area contributed by atoms with E-state index in [1.807, 2.05) is 39.8 Å². The molecule has 3 heteroatoms. The third kappa shape index (κ3) is 3.66. The number of phenols is 1. The smallest absolute Gasteiger partial charge is 0.124 e. The first kappa shape index (κ1) is 12.7. The highest BCUT2D eigenvalue weighted by Crippen LogP contribution is 2.19. The van der Waals surface area contributed by atoms with E-state index in [0.717, 1.165) is 16.8 Å². The lowest BCUT2D eigenvalue weighted by molar-refractivity contribution is 0.473. The molecule has 0 aliphatic rings. The van der Waals surface area contributed by atoms with Crippen LogP contribution >= 0.6 is 0 Å². The van der Waals surface area contributed by atoms with Crippen molar-refractivity contribution < 1.29 is 5.11 Å². The summed E-state index contributed by atoms with van der Waals surface area (Å²) in [7, 11) is 0. The predicted molar refractivity (Wildman–Crippen MR) is 68.2 cm³/mol. The molecule has 0 atom stereocenters. The van der Waals surface area contributed by atoms with E-state index < -0.39 is 0 Å². The van der Waals surface area contributed by atoms with Gasteiger partial charge in [0.05, 0.1) is 6.54 Å². The number of hydrogen-bond acceptors (Lipinski definition) is 3. The van der Waals surface area contributed by atoms with Crippen LogP contribution in [0.3, 0.4) is 0 Å². The number of hydrogen-bond donors (Lipinski definition) is 2. The van der Waals surface area contributed by atoms with Crippen LogP contribution in [0, 0.1) is 6.92 Å². The zero-order chi connectivity index (χ0) is 12.3. The normalized spacial score (nSPS) is 12.9. The Morgan fingerprint density at radius 1 is 1.44 bits per heavy atom. The first-order valence-corrected chi connectivity index (χ1v) is 5.39. The van der Waals surface area contributed by atoms with Crippen molar-refractivity contribution in [3.63, 3.8) is 0 Å². The maximum absolute atomic E-state index is 9.72. The van der Waals surface area contributed by atoms with Crippen molar-refractivity contribution in [3.05, 3.63) is 29.3 Å². The van der Waals surface area contributed by atoms with Gasteiger partial charge in [0, 0.05) is 16.8 Å². The van der Waals surface area contributed by atoms with E-state index in [1.54, 1.807) is 6.07 Å². The van der Waals surface area contributed by atoms with Crippen molar-refractivity contribution in [2.24, 2.45) is 10.7 Å². The summed E-state index contributed by atoms with van der Waals surface area (Å²) in [6, 6.07) is 5.49. The number of aryl methyl sites for hydroxylation is 1. The summed E-state index contributed by atoms with van der Waals surface area (Å²) in [4.78, 5) is 4.40. The Morgan fingerprint density at radius 2 is 2.06 bits per heavy atom. The minimum Gasteiger partial charge on any atom is -0.507 e. The van der Waals surface area contributed by atoms with Crippen molar-refractivity contribution in [2.45, 2.75) is 33.2 Å². The maximum atomic E-state index is 9.72. The Kier molecular flexibility index (Phi) is 3.70.